The Bertz CT molecular complexity index is 291. The van der Waals surface area contributed by atoms with E-state index in [-0.39, 0.29) is 0 Å². The van der Waals surface area contributed by atoms with Gasteiger partial charge in [-0.05, 0) is 26.8 Å². The van der Waals surface area contributed by atoms with Crippen LogP contribution >= 0.6 is 0 Å². The lowest BCUT2D eigenvalue weighted by atomic mass is 10.2. The van der Waals surface area contributed by atoms with E-state index in [0.717, 1.165) is 45.0 Å². The van der Waals surface area contributed by atoms with Crippen LogP contribution in [0.4, 0.5) is 0 Å². The predicted octanol–water partition coefficient (Wildman–Crippen LogP) is 1.85. The molecule has 0 aliphatic heterocycles. The van der Waals surface area contributed by atoms with Crippen LogP contribution in [0.3, 0.4) is 0 Å². The molecule has 0 fully saturated rings. The van der Waals surface area contributed by atoms with Gasteiger partial charge >= 0.3 is 0 Å². The van der Waals surface area contributed by atoms with E-state index in [9.17, 15) is 0 Å². The van der Waals surface area contributed by atoms with Gasteiger partial charge in [0.25, 0.3) is 0 Å². The maximum absolute atomic E-state index is 5.52. The lowest BCUT2D eigenvalue weighted by Crippen LogP contribution is -2.36. The number of aromatic nitrogens is 2. The van der Waals surface area contributed by atoms with Gasteiger partial charge in [0.05, 0.1) is 6.61 Å². The molecule has 0 spiro atoms. The molecule has 4 nitrogen and oxygen atoms in total. The molecule has 0 saturated heterocycles. The Hall–Kier alpha value is -0.870. The van der Waals surface area contributed by atoms with Gasteiger partial charge in [-0.3, -0.25) is 0 Å². The van der Waals surface area contributed by atoms with E-state index in [0.29, 0.717) is 6.04 Å². The highest BCUT2D eigenvalue weighted by Crippen LogP contribution is 2.03. The largest absolute Gasteiger partial charge is 0.380 e. The minimum atomic E-state index is 0.364. The lowest BCUT2D eigenvalue weighted by Gasteiger charge is -2.18. The van der Waals surface area contributed by atoms with Crippen molar-refractivity contribution in [3.05, 3.63) is 18.2 Å². The van der Waals surface area contributed by atoms with Crippen molar-refractivity contribution in [2.75, 3.05) is 19.8 Å². The Morgan fingerprint density at radius 2 is 2.24 bits per heavy atom. The van der Waals surface area contributed by atoms with Gasteiger partial charge in [-0.2, -0.15) is 0 Å². The molecule has 0 aliphatic carbocycles. The zero-order chi connectivity index (χ0) is 12.5. The highest BCUT2D eigenvalue weighted by Gasteiger charge is 2.12. The summed E-state index contributed by atoms with van der Waals surface area (Å²) in [5.74, 6) is 1.14. The molecule has 1 N–H and O–H groups in total. The van der Waals surface area contributed by atoms with Crippen LogP contribution in [0.15, 0.2) is 12.4 Å². The van der Waals surface area contributed by atoms with Crippen molar-refractivity contribution < 1.29 is 4.74 Å². The quantitative estimate of drug-likeness (QED) is 0.715. The third kappa shape index (κ3) is 4.88. The van der Waals surface area contributed by atoms with Crippen molar-refractivity contribution in [1.29, 1.82) is 0 Å². The average molecular weight is 239 g/mol. The Morgan fingerprint density at radius 1 is 1.41 bits per heavy atom. The standard InChI is InChI=1S/C13H25N3O/c1-4-7-14-12(11-17-6-3)10-13-15-8-9-16(13)5-2/h8-9,12,14H,4-7,10-11H2,1-3H3. The molecule has 1 aromatic heterocycles. The maximum Gasteiger partial charge on any atom is 0.110 e. The zero-order valence-electron chi connectivity index (χ0n) is 11.3. The van der Waals surface area contributed by atoms with Crippen LogP contribution in [-0.4, -0.2) is 35.4 Å². The first-order valence-corrected chi connectivity index (χ1v) is 6.62. The average Bonchev–Trinajstić information content (AvgIpc) is 2.79. The van der Waals surface area contributed by atoms with Crippen LogP contribution in [0.1, 0.15) is 33.0 Å². The summed E-state index contributed by atoms with van der Waals surface area (Å²) in [5, 5.41) is 3.52. The topological polar surface area (TPSA) is 39.1 Å². The SMILES string of the molecule is CCCNC(COCC)Cc1nccn1CC. The van der Waals surface area contributed by atoms with Crippen molar-refractivity contribution in [3.8, 4) is 0 Å². The van der Waals surface area contributed by atoms with Gasteiger partial charge in [0.1, 0.15) is 5.82 Å². The number of nitrogens with one attached hydrogen (secondary N) is 1. The van der Waals surface area contributed by atoms with Crippen LogP contribution in [-0.2, 0) is 17.7 Å². The fourth-order valence-corrected chi connectivity index (χ4v) is 1.84. The zero-order valence-corrected chi connectivity index (χ0v) is 11.3. The molecule has 17 heavy (non-hydrogen) atoms. The van der Waals surface area contributed by atoms with E-state index in [1.807, 2.05) is 19.3 Å². The summed E-state index contributed by atoms with van der Waals surface area (Å²) in [6, 6.07) is 0.364. The summed E-state index contributed by atoms with van der Waals surface area (Å²) in [6.07, 6.45) is 5.98. The molecule has 1 heterocycles. The van der Waals surface area contributed by atoms with E-state index >= 15 is 0 Å². The van der Waals surface area contributed by atoms with Crippen LogP contribution in [0.2, 0.25) is 0 Å². The molecule has 0 amide bonds. The molecule has 0 radical (unpaired) electrons. The van der Waals surface area contributed by atoms with Crippen LogP contribution in [0.5, 0.6) is 0 Å². The van der Waals surface area contributed by atoms with Gasteiger partial charge in [-0.25, -0.2) is 4.98 Å². The minimum Gasteiger partial charge on any atom is -0.380 e. The van der Waals surface area contributed by atoms with E-state index < -0.39 is 0 Å². The number of rotatable bonds is 9. The van der Waals surface area contributed by atoms with Crippen LogP contribution in [0, 0.1) is 0 Å². The summed E-state index contributed by atoms with van der Waals surface area (Å²) < 4.78 is 7.70. The molecule has 4 heteroatoms. The molecule has 98 valence electrons. The molecule has 1 rings (SSSR count). The van der Waals surface area contributed by atoms with Gasteiger partial charge in [0, 0.05) is 38.0 Å². The molecule has 1 unspecified atom stereocenters. The third-order valence-corrected chi connectivity index (χ3v) is 2.78. The minimum absolute atomic E-state index is 0.364. The van der Waals surface area contributed by atoms with Gasteiger partial charge in [0.15, 0.2) is 0 Å². The molecule has 1 aromatic rings. The summed E-state index contributed by atoms with van der Waals surface area (Å²) in [5.41, 5.74) is 0. The molecule has 0 aromatic carbocycles. The Morgan fingerprint density at radius 3 is 2.88 bits per heavy atom. The van der Waals surface area contributed by atoms with Crippen LogP contribution in [0.25, 0.3) is 0 Å². The first-order chi connectivity index (χ1) is 8.31. The summed E-state index contributed by atoms with van der Waals surface area (Å²) >= 11 is 0. The number of hydrogen-bond acceptors (Lipinski definition) is 3. The van der Waals surface area contributed by atoms with Gasteiger partial charge in [-0.15, -0.1) is 0 Å². The second-order valence-electron chi connectivity index (χ2n) is 4.14. The van der Waals surface area contributed by atoms with Gasteiger partial charge < -0.3 is 14.6 Å². The van der Waals surface area contributed by atoms with Crippen LogP contribution < -0.4 is 5.32 Å². The Balaban J connectivity index is 2.51. The summed E-state index contributed by atoms with van der Waals surface area (Å²) in [6.45, 7) is 9.89. The normalized spacial score (nSPS) is 12.9. The van der Waals surface area contributed by atoms with E-state index in [2.05, 4.69) is 28.7 Å². The van der Waals surface area contributed by atoms with Crippen molar-refractivity contribution in [2.45, 2.75) is 46.2 Å². The summed E-state index contributed by atoms with van der Waals surface area (Å²) in [4.78, 5) is 4.41. The lowest BCUT2D eigenvalue weighted by molar-refractivity contribution is 0.122. The molecule has 0 aliphatic rings. The van der Waals surface area contributed by atoms with E-state index in [4.69, 9.17) is 4.74 Å². The second kappa shape index (κ2) is 8.25. The van der Waals surface area contributed by atoms with Gasteiger partial charge in [0.2, 0.25) is 0 Å². The van der Waals surface area contributed by atoms with Crippen molar-refractivity contribution in [1.82, 2.24) is 14.9 Å². The highest BCUT2D eigenvalue weighted by molar-refractivity contribution is 4.95. The number of imidazole rings is 1. The molecular formula is C13H25N3O. The Kier molecular flexibility index (Phi) is 6.89. The van der Waals surface area contributed by atoms with Crippen molar-refractivity contribution in [3.63, 3.8) is 0 Å². The number of ether oxygens (including phenoxy) is 1. The Labute approximate surface area is 104 Å². The maximum atomic E-state index is 5.52. The van der Waals surface area contributed by atoms with E-state index in [1.54, 1.807) is 0 Å². The fourth-order valence-electron chi connectivity index (χ4n) is 1.84. The molecular weight excluding hydrogens is 214 g/mol. The molecule has 0 saturated carbocycles. The predicted molar refractivity (Wildman–Crippen MR) is 70.2 cm³/mol. The third-order valence-electron chi connectivity index (χ3n) is 2.78. The number of nitrogens with zero attached hydrogens (tertiary/aromatic N) is 2. The van der Waals surface area contributed by atoms with E-state index in [1.165, 1.54) is 0 Å². The first-order valence-electron chi connectivity index (χ1n) is 6.62. The summed E-state index contributed by atoms with van der Waals surface area (Å²) in [7, 11) is 0. The van der Waals surface area contributed by atoms with Crippen molar-refractivity contribution in [2.24, 2.45) is 0 Å². The first kappa shape index (κ1) is 14.2. The number of aryl methyl sites for hydroxylation is 1. The fraction of sp³-hybridized carbons (Fsp3) is 0.769. The smallest absolute Gasteiger partial charge is 0.110 e. The second-order valence-corrected chi connectivity index (χ2v) is 4.14. The monoisotopic (exact) mass is 239 g/mol. The van der Waals surface area contributed by atoms with Gasteiger partial charge in [-0.1, -0.05) is 6.92 Å². The number of hydrogen-bond donors (Lipinski definition) is 1. The molecule has 1 atom stereocenters. The molecule has 0 bridgehead atoms. The highest BCUT2D eigenvalue weighted by atomic mass is 16.5. The van der Waals surface area contributed by atoms with Crippen molar-refractivity contribution >= 4 is 0 Å².